The molecule has 1 nitrogen and oxygen atoms in total. The standard InChI is InChI=1S/C14H9ClF4IN/c15-11-6-9(20)2-4-13(11)21-7-8-1-3-12(16)10(5-8)14(17,18)19/h1-6,21H,7H2. The minimum absolute atomic E-state index is 0.115. The van der Waals surface area contributed by atoms with E-state index < -0.39 is 17.6 Å². The summed E-state index contributed by atoms with van der Waals surface area (Å²) in [5.74, 6) is -1.28. The van der Waals surface area contributed by atoms with Gasteiger partial charge in [-0.3, -0.25) is 0 Å². The van der Waals surface area contributed by atoms with Crippen molar-refractivity contribution in [2.75, 3.05) is 5.32 Å². The van der Waals surface area contributed by atoms with Crippen molar-refractivity contribution >= 4 is 39.9 Å². The van der Waals surface area contributed by atoms with E-state index in [4.69, 9.17) is 11.6 Å². The molecular formula is C14H9ClF4IN. The molecule has 0 saturated carbocycles. The van der Waals surface area contributed by atoms with Crippen LogP contribution in [-0.2, 0) is 12.7 Å². The van der Waals surface area contributed by atoms with Crippen molar-refractivity contribution in [2.45, 2.75) is 12.7 Å². The molecule has 2 aromatic rings. The first-order valence-electron chi connectivity index (χ1n) is 5.82. The highest BCUT2D eigenvalue weighted by Gasteiger charge is 2.34. The lowest BCUT2D eigenvalue weighted by molar-refractivity contribution is -0.140. The van der Waals surface area contributed by atoms with Crippen LogP contribution in [0.5, 0.6) is 0 Å². The number of halogens is 6. The van der Waals surface area contributed by atoms with E-state index in [-0.39, 0.29) is 6.54 Å². The van der Waals surface area contributed by atoms with Crippen LogP contribution in [-0.4, -0.2) is 0 Å². The molecule has 0 spiro atoms. The van der Waals surface area contributed by atoms with Crippen LogP contribution in [0.2, 0.25) is 5.02 Å². The number of hydrogen-bond acceptors (Lipinski definition) is 1. The van der Waals surface area contributed by atoms with Crippen LogP contribution < -0.4 is 5.32 Å². The van der Waals surface area contributed by atoms with E-state index in [0.29, 0.717) is 16.3 Å². The molecule has 0 heterocycles. The molecule has 0 unspecified atom stereocenters. The molecule has 0 bridgehead atoms. The Balaban J connectivity index is 2.17. The second-order valence-electron chi connectivity index (χ2n) is 4.29. The summed E-state index contributed by atoms with van der Waals surface area (Å²) in [5, 5.41) is 3.40. The Hall–Kier alpha value is -1.02. The Kier molecular flexibility index (Phi) is 4.98. The highest BCUT2D eigenvalue weighted by molar-refractivity contribution is 14.1. The van der Waals surface area contributed by atoms with Crippen molar-refractivity contribution < 1.29 is 17.6 Å². The maximum Gasteiger partial charge on any atom is 0.419 e. The van der Waals surface area contributed by atoms with E-state index >= 15 is 0 Å². The summed E-state index contributed by atoms with van der Waals surface area (Å²) >= 11 is 8.12. The van der Waals surface area contributed by atoms with Gasteiger partial charge in [-0.05, 0) is 58.5 Å². The summed E-state index contributed by atoms with van der Waals surface area (Å²) in [6.45, 7) is 0.115. The van der Waals surface area contributed by atoms with Gasteiger partial charge in [-0.2, -0.15) is 13.2 Å². The van der Waals surface area contributed by atoms with Crippen LogP contribution in [0.15, 0.2) is 36.4 Å². The number of benzene rings is 2. The van der Waals surface area contributed by atoms with Crippen LogP contribution in [0.25, 0.3) is 0 Å². The minimum Gasteiger partial charge on any atom is -0.380 e. The molecule has 0 saturated heterocycles. The zero-order chi connectivity index (χ0) is 15.6. The fraction of sp³-hybridized carbons (Fsp3) is 0.143. The summed E-state index contributed by atoms with van der Waals surface area (Å²) < 4.78 is 52.0. The first-order chi connectivity index (χ1) is 9.77. The molecule has 0 atom stereocenters. The molecule has 2 aromatic carbocycles. The number of nitrogens with one attached hydrogen (secondary N) is 1. The van der Waals surface area contributed by atoms with E-state index in [1.807, 2.05) is 6.07 Å². The Bertz CT molecular complexity index is 658. The Morgan fingerprint density at radius 3 is 2.43 bits per heavy atom. The average molecular weight is 430 g/mol. The van der Waals surface area contributed by atoms with Gasteiger partial charge in [-0.25, -0.2) is 4.39 Å². The summed E-state index contributed by atoms with van der Waals surface area (Å²) in [7, 11) is 0. The lowest BCUT2D eigenvalue weighted by Gasteiger charge is -2.12. The van der Waals surface area contributed by atoms with Gasteiger partial charge in [0.05, 0.1) is 16.3 Å². The van der Waals surface area contributed by atoms with Crippen LogP contribution in [0.3, 0.4) is 0 Å². The molecule has 2 rings (SSSR count). The lowest BCUT2D eigenvalue weighted by atomic mass is 10.1. The second kappa shape index (κ2) is 6.39. The zero-order valence-electron chi connectivity index (χ0n) is 10.4. The Morgan fingerprint density at radius 1 is 1.10 bits per heavy atom. The van der Waals surface area contributed by atoms with Gasteiger partial charge in [-0.15, -0.1) is 0 Å². The predicted octanol–water partition coefficient (Wildman–Crippen LogP) is 5.71. The minimum atomic E-state index is -4.71. The van der Waals surface area contributed by atoms with Gasteiger partial charge in [0.15, 0.2) is 0 Å². The summed E-state index contributed by atoms with van der Waals surface area (Å²) in [6.07, 6.45) is -4.71. The molecule has 0 aromatic heterocycles. The maximum atomic E-state index is 13.2. The first-order valence-corrected chi connectivity index (χ1v) is 7.27. The van der Waals surface area contributed by atoms with Gasteiger partial charge in [0.2, 0.25) is 0 Å². The van der Waals surface area contributed by atoms with Gasteiger partial charge < -0.3 is 5.32 Å². The van der Waals surface area contributed by atoms with Crippen molar-refractivity contribution in [1.29, 1.82) is 0 Å². The fourth-order valence-electron chi connectivity index (χ4n) is 1.73. The number of rotatable bonds is 3. The molecule has 0 amide bonds. The number of anilines is 1. The van der Waals surface area contributed by atoms with Gasteiger partial charge in [0, 0.05) is 10.1 Å². The SMILES string of the molecule is Fc1ccc(CNc2ccc(I)cc2Cl)cc1C(F)(F)F. The normalized spacial score (nSPS) is 11.5. The monoisotopic (exact) mass is 429 g/mol. The molecule has 7 heteroatoms. The number of hydrogen-bond donors (Lipinski definition) is 1. The molecule has 0 fully saturated rings. The molecule has 0 aliphatic heterocycles. The first kappa shape index (κ1) is 16.4. The number of alkyl halides is 3. The summed E-state index contributed by atoms with van der Waals surface area (Å²) in [5.41, 5.74) is -0.344. The third-order valence-corrected chi connectivity index (χ3v) is 3.73. The van der Waals surface area contributed by atoms with E-state index in [1.54, 1.807) is 12.1 Å². The van der Waals surface area contributed by atoms with Crippen molar-refractivity contribution in [3.63, 3.8) is 0 Å². The van der Waals surface area contributed by atoms with Crippen molar-refractivity contribution in [1.82, 2.24) is 0 Å². The van der Waals surface area contributed by atoms with Gasteiger partial charge in [-0.1, -0.05) is 17.7 Å². The Morgan fingerprint density at radius 2 is 1.81 bits per heavy atom. The van der Waals surface area contributed by atoms with Gasteiger partial charge in [0.1, 0.15) is 5.82 Å². The second-order valence-corrected chi connectivity index (χ2v) is 5.94. The molecule has 0 aliphatic carbocycles. The molecular weight excluding hydrogens is 421 g/mol. The third-order valence-electron chi connectivity index (χ3n) is 2.75. The maximum absolute atomic E-state index is 13.2. The summed E-state index contributed by atoms with van der Waals surface area (Å²) in [4.78, 5) is 0. The average Bonchev–Trinajstić information content (AvgIpc) is 2.38. The highest BCUT2D eigenvalue weighted by Crippen LogP contribution is 2.32. The van der Waals surface area contributed by atoms with E-state index in [0.717, 1.165) is 15.7 Å². The van der Waals surface area contributed by atoms with Crippen LogP contribution in [0, 0.1) is 9.39 Å². The van der Waals surface area contributed by atoms with Crippen LogP contribution in [0.4, 0.5) is 23.2 Å². The third kappa shape index (κ3) is 4.23. The molecule has 21 heavy (non-hydrogen) atoms. The molecule has 0 radical (unpaired) electrons. The fourth-order valence-corrected chi connectivity index (χ4v) is 2.65. The topological polar surface area (TPSA) is 12.0 Å². The highest BCUT2D eigenvalue weighted by atomic mass is 127. The molecule has 1 N–H and O–H groups in total. The van der Waals surface area contributed by atoms with Crippen LogP contribution >= 0.6 is 34.2 Å². The van der Waals surface area contributed by atoms with Crippen LogP contribution in [0.1, 0.15) is 11.1 Å². The smallest absolute Gasteiger partial charge is 0.380 e. The zero-order valence-corrected chi connectivity index (χ0v) is 13.4. The summed E-state index contributed by atoms with van der Waals surface area (Å²) in [6, 6.07) is 8.20. The molecule has 112 valence electrons. The van der Waals surface area contributed by atoms with E-state index in [2.05, 4.69) is 27.9 Å². The Labute approximate surface area is 137 Å². The molecule has 0 aliphatic rings. The quantitative estimate of drug-likeness (QED) is 0.486. The lowest BCUT2D eigenvalue weighted by Crippen LogP contribution is -2.10. The van der Waals surface area contributed by atoms with E-state index in [1.165, 1.54) is 6.07 Å². The van der Waals surface area contributed by atoms with Crippen molar-refractivity contribution in [3.05, 3.63) is 61.9 Å². The van der Waals surface area contributed by atoms with Gasteiger partial charge >= 0.3 is 6.18 Å². The van der Waals surface area contributed by atoms with Crippen molar-refractivity contribution in [2.24, 2.45) is 0 Å². The van der Waals surface area contributed by atoms with Crippen molar-refractivity contribution in [3.8, 4) is 0 Å². The van der Waals surface area contributed by atoms with Gasteiger partial charge in [0.25, 0.3) is 0 Å². The largest absolute Gasteiger partial charge is 0.419 e. The predicted molar refractivity (Wildman–Crippen MR) is 82.9 cm³/mol. The van der Waals surface area contributed by atoms with E-state index in [9.17, 15) is 17.6 Å².